The van der Waals surface area contributed by atoms with Crippen molar-refractivity contribution in [3.05, 3.63) is 0 Å². The van der Waals surface area contributed by atoms with Gasteiger partial charge in [0.05, 0.1) is 6.61 Å². The van der Waals surface area contributed by atoms with Gasteiger partial charge in [0.15, 0.2) is 0 Å². The highest BCUT2D eigenvalue weighted by Crippen LogP contribution is 2.27. The number of hydrogen-bond donors (Lipinski definition) is 3. The maximum Gasteiger partial charge on any atom is 0.329 e. The third-order valence-electron chi connectivity index (χ3n) is 2.81. The lowest BCUT2D eigenvalue weighted by atomic mass is 10.2. The van der Waals surface area contributed by atoms with Crippen LogP contribution >= 0.6 is 11.8 Å². The van der Waals surface area contributed by atoms with Crippen LogP contribution in [0.15, 0.2) is 0 Å². The van der Waals surface area contributed by atoms with E-state index in [0.717, 1.165) is 19.3 Å². The molecule has 0 bridgehead atoms. The minimum absolute atomic E-state index is 0.206. The summed E-state index contributed by atoms with van der Waals surface area (Å²) < 4.78 is 4.80. The van der Waals surface area contributed by atoms with E-state index in [1.807, 2.05) is 11.8 Å². The Kier molecular flexibility index (Phi) is 6.89. The van der Waals surface area contributed by atoms with Gasteiger partial charge < -0.3 is 20.5 Å². The van der Waals surface area contributed by atoms with E-state index in [9.17, 15) is 9.59 Å². The van der Waals surface area contributed by atoms with E-state index in [4.69, 9.17) is 9.84 Å². The van der Waals surface area contributed by atoms with Crippen molar-refractivity contribution in [2.45, 2.75) is 30.6 Å². The quantitative estimate of drug-likeness (QED) is 0.595. The van der Waals surface area contributed by atoms with Crippen molar-refractivity contribution >= 4 is 23.8 Å². The first-order chi connectivity index (χ1) is 8.61. The number of rotatable bonds is 7. The van der Waals surface area contributed by atoms with Crippen LogP contribution in [0.2, 0.25) is 0 Å². The summed E-state index contributed by atoms with van der Waals surface area (Å²) in [6.45, 7) is 0.191. The van der Waals surface area contributed by atoms with E-state index in [0.29, 0.717) is 11.8 Å². The first kappa shape index (κ1) is 15.1. The van der Waals surface area contributed by atoms with Crippen LogP contribution in [0.5, 0.6) is 0 Å². The first-order valence-corrected chi connectivity index (χ1v) is 7.27. The summed E-state index contributed by atoms with van der Waals surface area (Å²) in [6, 6.07) is 0.0445. The molecule has 0 spiro atoms. The predicted molar refractivity (Wildman–Crippen MR) is 69.9 cm³/mol. The Labute approximate surface area is 111 Å². The molecule has 0 aliphatic heterocycles. The molecule has 1 saturated carbocycles. The zero-order valence-corrected chi connectivity index (χ0v) is 11.3. The third kappa shape index (κ3) is 6.11. The average Bonchev–Trinajstić information content (AvgIpc) is 2.76. The number of hydrogen-bond acceptors (Lipinski definition) is 4. The van der Waals surface area contributed by atoms with Gasteiger partial charge in [-0.2, -0.15) is 11.8 Å². The lowest BCUT2D eigenvalue weighted by molar-refractivity contribution is -0.142. The normalized spacial score (nSPS) is 22.7. The van der Waals surface area contributed by atoms with E-state index in [2.05, 4.69) is 16.9 Å². The van der Waals surface area contributed by atoms with Crippen LogP contribution in [-0.2, 0) is 9.53 Å². The van der Waals surface area contributed by atoms with Gasteiger partial charge in [0.2, 0.25) is 0 Å². The number of carbonyl (C=O) groups is 2. The number of thioether (sulfide) groups is 1. The highest BCUT2D eigenvalue weighted by Gasteiger charge is 2.24. The molecule has 0 saturated heterocycles. The van der Waals surface area contributed by atoms with Gasteiger partial charge in [-0.15, -0.1) is 0 Å². The topological polar surface area (TPSA) is 87.7 Å². The minimum Gasteiger partial charge on any atom is -0.480 e. The third-order valence-corrected chi connectivity index (χ3v) is 3.91. The molecule has 3 N–H and O–H groups in total. The summed E-state index contributed by atoms with van der Waals surface area (Å²) in [5.41, 5.74) is 0. The molecule has 2 amide bonds. The van der Waals surface area contributed by atoms with Crippen LogP contribution < -0.4 is 10.6 Å². The molecular formula is C11H20N2O4S. The summed E-state index contributed by atoms with van der Waals surface area (Å²) in [4.78, 5) is 21.6. The van der Waals surface area contributed by atoms with E-state index in [1.54, 1.807) is 0 Å². The van der Waals surface area contributed by atoms with E-state index >= 15 is 0 Å². The van der Waals surface area contributed by atoms with Crippen molar-refractivity contribution in [3.8, 4) is 0 Å². The molecule has 1 fully saturated rings. The van der Waals surface area contributed by atoms with Crippen LogP contribution in [-0.4, -0.2) is 54.4 Å². The molecule has 2 atom stereocenters. The Balaban J connectivity index is 2.02. The largest absolute Gasteiger partial charge is 0.480 e. The van der Waals surface area contributed by atoms with Crippen molar-refractivity contribution in [1.29, 1.82) is 0 Å². The van der Waals surface area contributed by atoms with Crippen LogP contribution in [0, 0.1) is 0 Å². The van der Waals surface area contributed by atoms with Crippen LogP contribution in [0.3, 0.4) is 0 Å². The summed E-state index contributed by atoms with van der Waals surface area (Å²) in [5, 5.41) is 14.5. The number of ether oxygens (including phenoxy) is 1. The molecule has 1 rings (SSSR count). The summed E-state index contributed by atoms with van der Waals surface area (Å²) in [6.07, 6.45) is 5.28. The lowest BCUT2D eigenvalue weighted by Gasteiger charge is -2.13. The minimum atomic E-state index is -1.01. The second kappa shape index (κ2) is 8.20. The molecule has 0 aromatic rings. The molecule has 6 nitrogen and oxygen atoms in total. The Morgan fingerprint density at radius 3 is 2.83 bits per heavy atom. The molecule has 18 heavy (non-hydrogen) atoms. The fraction of sp³-hybridized carbons (Fsp3) is 0.818. The number of nitrogens with one attached hydrogen (secondary N) is 2. The standard InChI is InChI=1S/C11H20N2O4S/c1-18-9-3-2-8(6-9)13-11(16)12-4-5-17-7-10(14)15/h8-9H,2-7H2,1H3,(H,14,15)(H2,12,13,16). The number of urea groups is 1. The average molecular weight is 276 g/mol. The maximum absolute atomic E-state index is 11.5. The van der Waals surface area contributed by atoms with Crippen molar-refractivity contribution in [2.75, 3.05) is 26.0 Å². The molecule has 0 radical (unpaired) electrons. The fourth-order valence-corrected chi connectivity index (χ4v) is 2.71. The number of aliphatic carboxylic acids is 1. The SMILES string of the molecule is CSC1CCC(NC(=O)NCCOCC(=O)O)C1. The van der Waals surface area contributed by atoms with Gasteiger partial charge in [0.1, 0.15) is 6.61 Å². The second-order valence-corrected chi connectivity index (χ2v) is 5.35. The highest BCUT2D eigenvalue weighted by molar-refractivity contribution is 7.99. The van der Waals surface area contributed by atoms with Crippen LogP contribution in [0.1, 0.15) is 19.3 Å². The number of carboxylic acid groups (broad SMARTS) is 1. The van der Waals surface area contributed by atoms with Gasteiger partial charge in [-0.05, 0) is 25.5 Å². The molecule has 0 heterocycles. The molecule has 2 unspecified atom stereocenters. The van der Waals surface area contributed by atoms with Crippen molar-refractivity contribution in [2.24, 2.45) is 0 Å². The maximum atomic E-state index is 11.5. The Morgan fingerprint density at radius 1 is 1.44 bits per heavy atom. The van der Waals surface area contributed by atoms with E-state index < -0.39 is 5.97 Å². The smallest absolute Gasteiger partial charge is 0.329 e. The van der Waals surface area contributed by atoms with Gasteiger partial charge in [-0.3, -0.25) is 0 Å². The summed E-state index contributed by atoms with van der Waals surface area (Å²) in [5.74, 6) is -1.01. The fourth-order valence-electron chi connectivity index (χ4n) is 1.92. The van der Waals surface area contributed by atoms with Gasteiger partial charge in [-0.25, -0.2) is 9.59 Å². The second-order valence-electron chi connectivity index (χ2n) is 4.21. The molecule has 1 aliphatic rings. The van der Waals surface area contributed by atoms with Gasteiger partial charge in [0, 0.05) is 17.8 Å². The van der Waals surface area contributed by atoms with E-state index in [-0.39, 0.29) is 25.3 Å². The summed E-state index contributed by atoms with van der Waals surface area (Å²) in [7, 11) is 0. The summed E-state index contributed by atoms with van der Waals surface area (Å²) >= 11 is 1.84. The van der Waals surface area contributed by atoms with Crippen molar-refractivity contribution in [1.82, 2.24) is 10.6 Å². The number of amides is 2. The zero-order valence-electron chi connectivity index (χ0n) is 10.5. The van der Waals surface area contributed by atoms with Gasteiger partial charge in [-0.1, -0.05) is 0 Å². The van der Waals surface area contributed by atoms with Crippen molar-refractivity contribution in [3.63, 3.8) is 0 Å². The molecule has 7 heteroatoms. The molecule has 1 aliphatic carbocycles. The Morgan fingerprint density at radius 2 is 2.22 bits per heavy atom. The van der Waals surface area contributed by atoms with E-state index in [1.165, 1.54) is 0 Å². The van der Waals surface area contributed by atoms with Crippen LogP contribution in [0.4, 0.5) is 4.79 Å². The predicted octanol–water partition coefficient (Wildman–Crippen LogP) is 0.671. The first-order valence-electron chi connectivity index (χ1n) is 5.98. The van der Waals surface area contributed by atoms with Crippen molar-refractivity contribution < 1.29 is 19.4 Å². The Bertz CT molecular complexity index is 288. The lowest BCUT2D eigenvalue weighted by Crippen LogP contribution is -2.42. The number of carboxylic acids is 1. The van der Waals surface area contributed by atoms with Gasteiger partial charge >= 0.3 is 12.0 Å². The molecule has 104 valence electrons. The molecular weight excluding hydrogens is 256 g/mol. The Hall–Kier alpha value is -0.950. The molecule has 0 aromatic heterocycles. The highest BCUT2D eigenvalue weighted by atomic mass is 32.2. The molecule has 0 aromatic carbocycles. The number of carbonyl (C=O) groups excluding carboxylic acids is 1. The monoisotopic (exact) mass is 276 g/mol. The van der Waals surface area contributed by atoms with Gasteiger partial charge in [0.25, 0.3) is 0 Å². The van der Waals surface area contributed by atoms with Crippen LogP contribution in [0.25, 0.3) is 0 Å². The zero-order chi connectivity index (χ0) is 13.4.